The molecule has 1 amide bonds. The third kappa shape index (κ3) is 4.73. The van der Waals surface area contributed by atoms with Crippen molar-refractivity contribution in [1.82, 2.24) is 10.2 Å². The number of nitrogens with one attached hydrogen (secondary N) is 1. The van der Waals surface area contributed by atoms with E-state index in [1.54, 1.807) is 7.11 Å². The van der Waals surface area contributed by atoms with E-state index in [4.69, 9.17) is 4.74 Å². The molecule has 0 radical (unpaired) electrons. The summed E-state index contributed by atoms with van der Waals surface area (Å²) in [5.74, 6) is 1.10. The molecule has 4 nitrogen and oxygen atoms in total. The summed E-state index contributed by atoms with van der Waals surface area (Å²) < 4.78 is 5.17. The van der Waals surface area contributed by atoms with Crippen molar-refractivity contribution in [2.24, 2.45) is 0 Å². The number of methoxy groups -OCH3 is 1. The van der Waals surface area contributed by atoms with Gasteiger partial charge in [-0.2, -0.15) is 0 Å². The van der Waals surface area contributed by atoms with Crippen LogP contribution in [0, 0.1) is 0 Å². The fraction of sp³-hybridized carbons (Fsp3) is 0.500. The van der Waals surface area contributed by atoms with Crippen LogP contribution in [0.5, 0.6) is 5.75 Å². The number of carbonyl (C=O) groups excluding carboxylic acids is 1. The summed E-state index contributed by atoms with van der Waals surface area (Å²) in [6.45, 7) is 3.48. The summed E-state index contributed by atoms with van der Waals surface area (Å²) in [6, 6.07) is 7.91. The highest BCUT2D eigenvalue weighted by Gasteiger charge is 2.15. The summed E-state index contributed by atoms with van der Waals surface area (Å²) in [5, 5.41) is 3.25. The van der Waals surface area contributed by atoms with E-state index in [0.29, 0.717) is 6.42 Å². The van der Waals surface area contributed by atoms with Gasteiger partial charge in [-0.1, -0.05) is 12.1 Å². The molecular weight excluding hydrogens is 264 g/mol. The minimum Gasteiger partial charge on any atom is -0.497 e. The zero-order chi connectivity index (χ0) is 12.8. The predicted molar refractivity (Wildman–Crippen MR) is 78.0 cm³/mol. The van der Waals surface area contributed by atoms with Crippen molar-refractivity contribution in [2.75, 3.05) is 33.3 Å². The summed E-state index contributed by atoms with van der Waals surface area (Å²) in [6.07, 6.45) is 1.35. The average Bonchev–Trinajstić information content (AvgIpc) is 2.46. The van der Waals surface area contributed by atoms with E-state index in [0.717, 1.165) is 43.9 Å². The Labute approximate surface area is 120 Å². The SMILES string of the molecule is COc1cccc(CCC(=O)N2CCNCC2)c1.Cl. The molecule has 0 atom stereocenters. The van der Waals surface area contributed by atoms with Crippen LogP contribution in [-0.2, 0) is 11.2 Å². The lowest BCUT2D eigenvalue weighted by Crippen LogP contribution is -2.46. The zero-order valence-corrected chi connectivity index (χ0v) is 12.0. The number of rotatable bonds is 4. The lowest BCUT2D eigenvalue weighted by atomic mass is 10.1. The lowest BCUT2D eigenvalue weighted by molar-refractivity contribution is -0.131. The molecule has 0 spiro atoms. The van der Waals surface area contributed by atoms with Gasteiger partial charge in [0.05, 0.1) is 7.11 Å². The molecule has 0 aliphatic carbocycles. The topological polar surface area (TPSA) is 41.6 Å². The Morgan fingerprint density at radius 1 is 1.37 bits per heavy atom. The van der Waals surface area contributed by atoms with E-state index in [1.807, 2.05) is 29.2 Å². The van der Waals surface area contributed by atoms with Crippen LogP contribution in [0.15, 0.2) is 24.3 Å². The van der Waals surface area contributed by atoms with Crippen molar-refractivity contribution < 1.29 is 9.53 Å². The van der Waals surface area contributed by atoms with Gasteiger partial charge in [-0.25, -0.2) is 0 Å². The molecule has 0 saturated carbocycles. The Hall–Kier alpha value is -1.26. The molecular formula is C14H21ClN2O2. The molecule has 5 heteroatoms. The number of hydrogen-bond acceptors (Lipinski definition) is 3. The molecule has 1 aliphatic rings. The fourth-order valence-corrected chi connectivity index (χ4v) is 2.15. The summed E-state index contributed by atoms with van der Waals surface area (Å²) >= 11 is 0. The van der Waals surface area contributed by atoms with E-state index in [2.05, 4.69) is 5.32 Å². The van der Waals surface area contributed by atoms with Gasteiger partial charge in [0.2, 0.25) is 5.91 Å². The molecule has 0 aromatic heterocycles. The minimum absolute atomic E-state index is 0. The first-order chi connectivity index (χ1) is 8.79. The quantitative estimate of drug-likeness (QED) is 0.911. The maximum Gasteiger partial charge on any atom is 0.222 e. The molecule has 1 aliphatic heterocycles. The van der Waals surface area contributed by atoms with Crippen molar-refractivity contribution in [3.8, 4) is 5.75 Å². The second-order valence-electron chi connectivity index (χ2n) is 4.48. The number of aryl methyl sites for hydroxylation is 1. The molecule has 2 rings (SSSR count). The molecule has 1 aromatic rings. The van der Waals surface area contributed by atoms with E-state index >= 15 is 0 Å². The molecule has 1 N–H and O–H groups in total. The standard InChI is InChI=1S/C14H20N2O2.ClH/c1-18-13-4-2-3-12(11-13)5-6-14(17)16-9-7-15-8-10-16;/h2-4,11,15H,5-10H2,1H3;1H. The Kier molecular flexibility index (Phi) is 6.67. The molecule has 106 valence electrons. The monoisotopic (exact) mass is 284 g/mol. The van der Waals surface area contributed by atoms with Crippen molar-refractivity contribution in [1.29, 1.82) is 0 Å². The van der Waals surface area contributed by atoms with Gasteiger partial charge < -0.3 is 15.0 Å². The largest absolute Gasteiger partial charge is 0.497 e. The van der Waals surface area contributed by atoms with Crippen molar-refractivity contribution in [3.63, 3.8) is 0 Å². The van der Waals surface area contributed by atoms with E-state index in [1.165, 1.54) is 0 Å². The van der Waals surface area contributed by atoms with Gasteiger partial charge in [0, 0.05) is 32.6 Å². The molecule has 1 aromatic carbocycles. The number of ether oxygens (including phenoxy) is 1. The van der Waals surface area contributed by atoms with Gasteiger partial charge in [-0.3, -0.25) is 4.79 Å². The van der Waals surface area contributed by atoms with Gasteiger partial charge in [0.15, 0.2) is 0 Å². The number of amides is 1. The van der Waals surface area contributed by atoms with E-state index < -0.39 is 0 Å². The molecule has 1 fully saturated rings. The van der Waals surface area contributed by atoms with Gasteiger partial charge in [0.25, 0.3) is 0 Å². The fourth-order valence-electron chi connectivity index (χ4n) is 2.15. The highest BCUT2D eigenvalue weighted by atomic mass is 35.5. The van der Waals surface area contributed by atoms with E-state index in [9.17, 15) is 4.79 Å². The average molecular weight is 285 g/mol. The first-order valence-corrected chi connectivity index (χ1v) is 6.41. The van der Waals surface area contributed by atoms with Crippen LogP contribution in [0.4, 0.5) is 0 Å². The molecule has 0 bridgehead atoms. The summed E-state index contributed by atoms with van der Waals surface area (Å²) in [7, 11) is 1.66. The number of hydrogen-bond donors (Lipinski definition) is 1. The Bertz CT molecular complexity index is 406. The number of piperazine rings is 1. The van der Waals surface area contributed by atoms with Crippen molar-refractivity contribution >= 4 is 18.3 Å². The Balaban J connectivity index is 0.00000180. The molecule has 1 saturated heterocycles. The first kappa shape index (κ1) is 15.8. The normalized spacial score (nSPS) is 14.7. The maximum atomic E-state index is 12.0. The van der Waals surface area contributed by atoms with Crippen molar-refractivity contribution in [3.05, 3.63) is 29.8 Å². The van der Waals surface area contributed by atoms with Gasteiger partial charge >= 0.3 is 0 Å². The number of nitrogens with zero attached hydrogens (tertiary/aromatic N) is 1. The molecule has 0 unspecified atom stereocenters. The summed E-state index contributed by atoms with van der Waals surface area (Å²) in [5.41, 5.74) is 1.15. The van der Waals surface area contributed by atoms with Crippen LogP contribution < -0.4 is 10.1 Å². The van der Waals surface area contributed by atoms with Crippen LogP contribution >= 0.6 is 12.4 Å². The Morgan fingerprint density at radius 3 is 2.79 bits per heavy atom. The third-order valence-electron chi connectivity index (χ3n) is 3.23. The van der Waals surface area contributed by atoms with Gasteiger partial charge in [-0.15, -0.1) is 12.4 Å². The summed E-state index contributed by atoms with van der Waals surface area (Å²) in [4.78, 5) is 13.9. The van der Waals surface area contributed by atoms with Crippen LogP contribution in [0.1, 0.15) is 12.0 Å². The Morgan fingerprint density at radius 2 is 2.11 bits per heavy atom. The van der Waals surface area contributed by atoms with Crippen LogP contribution in [0.3, 0.4) is 0 Å². The van der Waals surface area contributed by atoms with Crippen LogP contribution in [0.2, 0.25) is 0 Å². The zero-order valence-electron chi connectivity index (χ0n) is 11.2. The molecule has 1 heterocycles. The first-order valence-electron chi connectivity index (χ1n) is 6.41. The number of halogens is 1. The number of benzene rings is 1. The number of carbonyl (C=O) groups is 1. The van der Waals surface area contributed by atoms with Crippen LogP contribution in [-0.4, -0.2) is 44.1 Å². The second kappa shape index (κ2) is 8.02. The third-order valence-corrected chi connectivity index (χ3v) is 3.23. The predicted octanol–water partition coefficient (Wildman–Crippen LogP) is 1.48. The van der Waals surface area contributed by atoms with Gasteiger partial charge in [0.1, 0.15) is 5.75 Å². The highest BCUT2D eigenvalue weighted by Crippen LogP contribution is 2.14. The lowest BCUT2D eigenvalue weighted by Gasteiger charge is -2.27. The second-order valence-corrected chi connectivity index (χ2v) is 4.48. The minimum atomic E-state index is 0. The van der Waals surface area contributed by atoms with E-state index in [-0.39, 0.29) is 18.3 Å². The highest BCUT2D eigenvalue weighted by molar-refractivity contribution is 5.85. The van der Waals surface area contributed by atoms with Crippen molar-refractivity contribution in [2.45, 2.75) is 12.8 Å². The molecule has 19 heavy (non-hydrogen) atoms. The van der Waals surface area contributed by atoms with Crippen LogP contribution in [0.25, 0.3) is 0 Å². The van der Waals surface area contributed by atoms with Gasteiger partial charge in [-0.05, 0) is 24.1 Å². The maximum absolute atomic E-state index is 12.0. The smallest absolute Gasteiger partial charge is 0.222 e.